The smallest absolute Gasteiger partial charge is 0.262 e. The zero-order valence-corrected chi connectivity index (χ0v) is 16.5. The average molecular weight is 385 g/mol. The largest absolute Gasteiger partial charge is 0.467 e. The Hall–Kier alpha value is -2.54. The molecule has 2 atom stereocenters. The molecule has 2 aromatic heterocycles. The van der Waals surface area contributed by atoms with Gasteiger partial charge in [0.15, 0.2) is 5.16 Å². The summed E-state index contributed by atoms with van der Waals surface area (Å²) in [5.41, 5.74) is 0.577. The van der Waals surface area contributed by atoms with Crippen LogP contribution in [0, 0.1) is 0 Å². The Balaban J connectivity index is 1.86. The normalized spacial score (nSPS) is 13.4. The molecule has 0 spiro atoms. The standard InChI is InChI=1S/C20H23N3O3S/c1-4-13(2)23-19(25)16-9-5-6-10-17(16)22-20(23)27-14(3)18(24)21-12-15-8-7-11-26-15/h5-11,13-14H,4,12H2,1-3H3,(H,21,24)/t13-,14-/m0/s1. The quantitative estimate of drug-likeness (QED) is 0.495. The lowest BCUT2D eigenvalue weighted by Crippen LogP contribution is -2.32. The Labute approximate surface area is 162 Å². The van der Waals surface area contributed by atoms with Gasteiger partial charge in [0.05, 0.1) is 29.0 Å². The van der Waals surface area contributed by atoms with Crippen LogP contribution in [-0.4, -0.2) is 20.7 Å². The molecule has 3 rings (SSSR count). The Morgan fingerprint density at radius 3 is 2.74 bits per heavy atom. The fourth-order valence-electron chi connectivity index (χ4n) is 2.72. The predicted molar refractivity (Wildman–Crippen MR) is 107 cm³/mol. The van der Waals surface area contributed by atoms with Crippen LogP contribution in [0.4, 0.5) is 0 Å². The van der Waals surface area contributed by atoms with Gasteiger partial charge in [0, 0.05) is 6.04 Å². The first-order chi connectivity index (χ1) is 13.0. The van der Waals surface area contributed by atoms with E-state index in [1.807, 2.05) is 45.0 Å². The van der Waals surface area contributed by atoms with E-state index in [9.17, 15) is 9.59 Å². The van der Waals surface area contributed by atoms with Crippen LogP contribution in [0.15, 0.2) is 57.0 Å². The average Bonchev–Trinajstić information content (AvgIpc) is 3.19. The lowest BCUT2D eigenvalue weighted by atomic mass is 10.2. The fourth-order valence-corrected chi connectivity index (χ4v) is 3.76. The van der Waals surface area contributed by atoms with Crippen LogP contribution < -0.4 is 10.9 Å². The summed E-state index contributed by atoms with van der Waals surface area (Å²) in [6, 6.07) is 10.9. The SMILES string of the molecule is CC[C@H](C)n1c(S[C@@H](C)C(=O)NCc2ccco2)nc2ccccc2c1=O. The second-order valence-electron chi connectivity index (χ2n) is 6.40. The minimum atomic E-state index is -0.400. The first kappa shape index (κ1) is 19.2. The number of benzene rings is 1. The van der Waals surface area contributed by atoms with E-state index in [1.54, 1.807) is 23.0 Å². The van der Waals surface area contributed by atoms with Gasteiger partial charge in [-0.1, -0.05) is 30.8 Å². The van der Waals surface area contributed by atoms with Gasteiger partial charge in [-0.2, -0.15) is 0 Å². The number of rotatable bonds is 7. The van der Waals surface area contributed by atoms with Crippen molar-refractivity contribution in [1.29, 1.82) is 0 Å². The van der Waals surface area contributed by atoms with Crippen LogP contribution in [0.1, 0.15) is 39.0 Å². The number of carbonyl (C=O) groups excluding carboxylic acids is 1. The lowest BCUT2D eigenvalue weighted by Gasteiger charge is -2.20. The number of nitrogens with zero attached hydrogens (tertiary/aromatic N) is 2. The van der Waals surface area contributed by atoms with Crippen LogP contribution in [0.5, 0.6) is 0 Å². The second kappa shape index (κ2) is 8.43. The molecule has 27 heavy (non-hydrogen) atoms. The lowest BCUT2D eigenvalue weighted by molar-refractivity contribution is -0.120. The summed E-state index contributed by atoms with van der Waals surface area (Å²) in [5, 5.41) is 3.61. The molecule has 0 saturated heterocycles. The van der Waals surface area contributed by atoms with E-state index in [-0.39, 0.29) is 17.5 Å². The summed E-state index contributed by atoms with van der Waals surface area (Å²) < 4.78 is 6.93. The van der Waals surface area contributed by atoms with E-state index in [0.717, 1.165) is 6.42 Å². The molecule has 142 valence electrons. The van der Waals surface area contributed by atoms with Gasteiger partial charge in [0.1, 0.15) is 5.76 Å². The van der Waals surface area contributed by atoms with Crippen molar-refractivity contribution in [2.24, 2.45) is 0 Å². The Morgan fingerprint density at radius 2 is 2.04 bits per heavy atom. The van der Waals surface area contributed by atoms with E-state index < -0.39 is 5.25 Å². The first-order valence-corrected chi connectivity index (χ1v) is 9.87. The van der Waals surface area contributed by atoms with Gasteiger partial charge in [0.25, 0.3) is 5.56 Å². The second-order valence-corrected chi connectivity index (χ2v) is 7.71. The van der Waals surface area contributed by atoms with Gasteiger partial charge < -0.3 is 9.73 Å². The monoisotopic (exact) mass is 385 g/mol. The number of hydrogen-bond donors (Lipinski definition) is 1. The molecule has 0 fully saturated rings. The number of aromatic nitrogens is 2. The van der Waals surface area contributed by atoms with Gasteiger partial charge in [-0.15, -0.1) is 0 Å². The predicted octanol–water partition coefficient (Wildman–Crippen LogP) is 3.76. The molecule has 0 aliphatic rings. The van der Waals surface area contributed by atoms with Crippen molar-refractivity contribution >= 4 is 28.6 Å². The van der Waals surface area contributed by atoms with E-state index in [0.29, 0.717) is 28.4 Å². The number of hydrogen-bond acceptors (Lipinski definition) is 5. The number of amides is 1. The number of carbonyl (C=O) groups is 1. The van der Waals surface area contributed by atoms with Crippen molar-refractivity contribution < 1.29 is 9.21 Å². The van der Waals surface area contributed by atoms with Gasteiger partial charge in [-0.3, -0.25) is 14.2 Å². The molecule has 2 heterocycles. The molecule has 0 aliphatic carbocycles. The molecule has 3 aromatic rings. The van der Waals surface area contributed by atoms with Crippen LogP contribution in [0.2, 0.25) is 0 Å². The van der Waals surface area contributed by atoms with Crippen molar-refractivity contribution in [3.8, 4) is 0 Å². The number of furan rings is 1. The Bertz CT molecular complexity index is 982. The van der Waals surface area contributed by atoms with Crippen LogP contribution in [0.25, 0.3) is 10.9 Å². The van der Waals surface area contributed by atoms with Crippen molar-refractivity contribution in [2.75, 3.05) is 0 Å². The first-order valence-electron chi connectivity index (χ1n) is 8.99. The number of para-hydroxylation sites is 1. The van der Waals surface area contributed by atoms with Crippen LogP contribution in [-0.2, 0) is 11.3 Å². The fraction of sp³-hybridized carbons (Fsp3) is 0.350. The highest BCUT2D eigenvalue weighted by Gasteiger charge is 2.21. The molecular formula is C20H23N3O3S. The number of thioether (sulfide) groups is 1. The van der Waals surface area contributed by atoms with E-state index in [4.69, 9.17) is 4.42 Å². The molecule has 7 heteroatoms. The van der Waals surface area contributed by atoms with Crippen molar-refractivity contribution in [3.63, 3.8) is 0 Å². The number of nitrogens with one attached hydrogen (secondary N) is 1. The van der Waals surface area contributed by atoms with Crippen LogP contribution >= 0.6 is 11.8 Å². The van der Waals surface area contributed by atoms with E-state index in [2.05, 4.69) is 10.3 Å². The van der Waals surface area contributed by atoms with Gasteiger partial charge in [-0.05, 0) is 44.5 Å². The molecule has 1 aromatic carbocycles. The highest BCUT2D eigenvalue weighted by atomic mass is 32.2. The maximum Gasteiger partial charge on any atom is 0.262 e. The molecule has 6 nitrogen and oxygen atoms in total. The molecule has 0 radical (unpaired) electrons. The van der Waals surface area contributed by atoms with Gasteiger partial charge in [-0.25, -0.2) is 4.98 Å². The topological polar surface area (TPSA) is 77.1 Å². The molecule has 0 saturated carbocycles. The molecule has 0 aliphatic heterocycles. The van der Waals surface area contributed by atoms with Crippen molar-refractivity contribution in [2.45, 2.75) is 50.2 Å². The molecule has 0 bridgehead atoms. The van der Waals surface area contributed by atoms with Crippen molar-refractivity contribution in [3.05, 3.63) is 58.8 Å². The number of fused-ring (bicyclic) bond motifs is 1. The molecule has 1 N–H and O–H groups in total. The van der Waals surface area contributed by atoms with Crippen molar-refractivity contribution in [1.82, 2.24) is 14.9 Å². The summed E-state index contributed by atoms with van der Waals surface area (Å²) in [6.07, 6.45) is 2.37. The third-order valence-electron chi connectivity index (χ3n) is 4.48. The highest BCUT2D eigenvalue weighted by Crippen LogP contribution is 2.26. The van der Waals surface area contributed by atoms with Gasteiger partial charge in [0.2, 0.25) is 5.91 Å². The summed E-state index contributed by atoms with van der Waals surface area (Å²) in [5.74, 6) is 0.565. The Morgan fingerprint density at radius 1 is 1.26 bits per heavy atom. The van der Waals surface area contributed by atoms with E-state index >= 15 is 0 Å². The van der Waals surface area contributed by atoms with E-state index in [1.165, 1.54) is 11.8 Å². The zero-order chi connectivity index (χ0) is 19.4. The zero-order valence-electron chi connectivity index (χ0n) is 15.6. The minimum Gasteiger partial charge on any atom is -0.467 e. The third-order valence-corrected chi connectivity index (χ3v) is 5.54. The molecule has 0 unspecified atom stereocenters. The minimum absolute atomic E-state index is 0.00418. The maximum atomic E-state index is 13.0. The summed E-state index contributed by atoms with van der Waals surface area (Å²) in [7, 11) is 0. The summed E-state index contributed by atoms with van der Waals surface area (Å²) >= 11 is 1.30. The highest BCUT2D eigenvalue weighted by molar-refractivity contribution is 8.00. The summed E-state index contributed by atoms with van der Waals surface area (Å²) in [6.45, 7) is 6.16. The maximum absolute atomic E-state index is 13.0. The van der Waals surface area contributed by atoms with Crippen LogP contribution in [0.3, 0.4) is 0 Å². The third kappa shape index (κ3) is 4.24. The summed E-state index contributed by atoms with van der Waals surface area (Å²) in [4.78, 5) is 30.1. The van der Waals surface area contributed by atoms with Gasteiger partial charge >= 0.3 is 0 Å². The Kier molecular flexibility index (Phi) is 6.01. The molecule has 1 amide bonds. The molecular weight excluding hydrogens is 362 g/mol.